The first-order valence-corrected chi connectivity index (χ1v) is 4.30. The molecular formula is C7H7N3S. The fourth-order valence-electron chi connectivity index (χ4n) is 0.857. The Bertz CT molecular complexity index is 270. The molecule has 1 N–H and O–H groups in total. The second-order valence-electron chi connectivity index (χ2n) is 2.08. The van der Waals surface area contributed by atoms with E-state index in [4.69, 9.17) is 0 Å². The summed E-state index contributed by atoms with van der Waals surface area (Å²) in [4.78, 5) is 4.17. The molecule has 0 radical (unpaired) electrons. The minimum absolute atomic E-state index is 0.853. The highest BCUT2D eigenvalue weighted by atomic mass is 32.2. The molecule has 0 spiro atoms. The Labute approximate surface area is 68.9 Å². The average Bonchev–Trinajstić information content (AvgIpc) is 2.58. The zero-order valence-corrected chi connectivity index (χ0v) is 6.64. The maximum absolute atomic E-state index is 4.17. The molecular weight excluding hydrogens is 158 g/mol. The van der Waals surface area contributed by atoms with Crippen molar-refractivity contribution in [3.8, 4) is 0 Å². The fourth-order valence-corrected chi connectivity index (χ4v) is 1.52. The molecule has 0 amide bonds. The van der Waals surface area contributed by atoms with Gasteiger partial charge in [0.05, 0.1) is 11.6 Å². The van der Waals surface area contributed by atoms with Crippen LogP contribution in [-0.2, 0) is 0 Å². The molecule has 1 aliphatic heterocycles. The van der Waals surface area contributed by atoms with Gasteiger partial charge in [0.1, 0.15) is 5.04 Å². The third-order valence-electron chi connectivity index (χ3n) is 1.34. The van der Waals surface area contributed by atoms with Gasteiger partial charge >= 0.3 is 0 Å². The number of nitrogens with zero attached hydrogens (tertiary/aromatic N) is 2. The summed E-state index contributed by atoms with van der Waals surface area (Å²) in [6.07, 6.45) is 1.77. The highest BCUT2D eigenvalue weighted by Crippen LogP contribution is 2.13. The number of nitrogens with one attached hydrogen (secondary N) is 1. The monoisotopic (exact) mass is 165 g/mol. The Morgan fingerprint density at radius 2 is 2.45 bits per heavy atom. The molecule has 1 aromatic heterocycles. The molecule has 0 aromatic carbocycles. The van der Waals surface area contributed by atoms with Crippen LogP contribution in [0.4, 0.5) is 0 Å². The summed E-state index contributed by atoms with van der Waals surface area (Å²) >= 11 is 1.67. The van der Waals surface area contributed by atoms with Gasteiger partial charge in [-0.1, -0.05) is 17.8 Å². The number of pyridine rings is 1. The fraction of sp³-hybridized carbons (Fsp3) is 0.143. The van der Waals surface area contributed by atoms with E-state index in [1.54, 1.807) is 18.0 Å². The number of aromatic nitrogens is 1. The van der Waals surface area contributed by atoms with Gasteiger partial charge in [0.15, 0.2) is 0 Å². The van der Waals surface area contributed by atoms with Crippen LogP contribution in [0.25, 0.3) is 0 Å². The lowest BCUT2D eigenvalue weighted by atomic mass is 10.4. The van der Waals surface area contributed by atoms with Gasteiger partial charge in [-0.2, -0.15) is 5.10 Å². The van der Waals surface area contributed by atoms with Crippen LogP contribution in [-0.4, -0.2) is 15.9 Å². The molecule has 0 unspecified atom stereocenters. The maximum atomic E-state index is 4.17. The minimum Gasteiger partial charge on any atom is -0.299 e. The van der Waals surface area contributed by atoms with Crippen LogP contribution in [0.1, 0.15) is 5.69 Å². The average molecular weight is 165 g/mol. The molecule has 0 bridgehead atoms. The van der Waals surface area contributed by atoms with E-state index < -0.39 is 0 Å². The van der Waals surface area contributed by atoms with E-state index >= 15 is 0 Å². The summed E-state index contributed by atoms with van der Waals surface area (Å²) in [5, 5.41) is 5.05. The third kappa shape index (κ3) is 1.35. The molecule has 1 aliphatic rings. The summed E-state index contributed by atoms with van der Waals surface area (Å²) in [5.74, 6) is 0.853. The molecule has 0 saturated carbocycles. The van der Waals surface area contributed by atoms with E-state index in [1.807, 2.05) is 18.2 Å². The largest absolute Gasteiger partial charge is 0.299 e. The lowest BCUT2D eigenvalue weighted by Gasteiger charge is -1.93. The predicted molar refractivity (Wildman–Crippen MR) is 46.4 cm³/mol. The van der Waals surface area contributed by atoms with Crippen LogP contribution >= 0.6 is 11.8 Å². The van der Waals surface area contributed by atoms with Crippen molar-refractivity contribution in [1.29, 1.82) is 0 Å². The number of hydrogen-bond acceptors (Lipinski definition) is 4. The van der Waals surface area contributed by atoms with E-state index in [0.717, 1.165) is 16.6 Å². The summed E-state index contributed by atoms with van der Waals surface area (Å²) in [6.45, 7) is 0. The van der Waals surface area contributed by atoms with E-state index in [0.29, 0.717) is 0 Å². The number of thioether (sulfide) groups is 1. The number of rotatable bonds is 1. The van der Waals surface area contributed by atoms with Crippen molar-refractivity contribution >= 4 is 16.8 Å². The molecule has 2 rings (SSSR count). The molecule has 0 fully saturated rings. The van der Waals surface area contributed by atoms with Crippen LogP contribution < -0.4 is 5.43 Å². The smallest absolute Gasteiger partial charge is 0.143 e. The normalized spacial score (nSPS) is 15.8. The number of hydrogen-bond donors (Lipinski definition) is 1. The Kier molecular flexibility index (Phi) is 1.77. The quantitative estimate of drug-likeness (QED) is 0.675. The molecule has 56 valence electrons. The lowest BCUT2D eigenvalue weighted by molar-refractivity contribution is 0.892. The van der Waals surface area contributed by atoms with Gasteiger partial charge in [0.2, 0.25) is 0 Å². The van der Waals surface area contributed by atoms with E-state index in [2.05, 4.69) is 15.5 Å². The summed E-state index contributed by atoms with van der Waals surface area (Å²) in [5.41, 5.74) is 3.83. The van der Waals surface area contributed by atoms with E-state index in [9.17, 15) is 0 Å². The molecule has 2 heterocycles. The van der Waals surface area contributed by atoms with E-state index in [-0.39, 0.29) is 0 Å². The first-order chi connectivity index (χ1) is 5.47. The summed E-state index contributed by atoms with van der Waals surface area (Å²) in [7, 11) is 0. The van der Waals surface area contributed by atoms with Crippen molar-refractivity contribution in [2.24, 2.45) is 5.10 Å². The van der Waals surface area contributed by atoms with Crippen LogP contribution in [0, 0.1) is 0 Å². The van der Waals surface area contributed by atoms with Crippen LogP contribution in [0.2, 0.25) is 0 Å². The lowest BCUT2D eigenvalue weighted by Crippen LogP contribution is -1.95. The van der Waals surface area contributed by atoms with Crippen molar-refractivity contribution in [2.45, 2.75) is 0 Å². The third-order valence-corrected chi connectivity index (χ3v) is 2.19. The standard InChI is InChI=1S/C7H7N3S/c1-2-4-8-6(3-1)7-10-9-5-11-7/h1-4,9H,5H2. The maximum Gasteiger partial charge on any atom is 0.143 e. The summed E-state index contributed by atoms with van der Waals surface area (Å²) < 4.78 is 0. The highest BCUT2D eigenvalue weighted by Gasteiger charge is 2.09. The van der Waals surface area contributed by atoms with Gasteiger partial charge < -0.3 is 0 Å². The molecule has 4 heteroatoms. The predicted octanol–water partition coefficient (Wildman–Crippen LogP) is 1.04. The molecule has 3 nitrogen and oxygen atoms in total. The van der Waals surface area contributed by atoms with Crippen LogP contribution in [0.15, 0.2) is 29.5 Å². The zero-order chi connectivity index (χ0) is 7.52. The van der Waals surface area contributed by atoms with Crippen molar-refractivity contribution in [3.05, 3.63) is 30.1 Å². The minimum atomic E-state index is 0.853. The van der Waals surface area contributed by atoms with Crippen molar-refractivity contribution in [1.82, 2.24) is 10.4 Å². The topological polar surface area (TPSA) is 37.3 Å². The Balaban J connectivity index is 2.29. The second-order valence-corrected chi connectivity index (χ2v) is 3.04. The molecule has 0 atom stereocenters. The molecule has 1 aromatic rings. The van der Waals surface area contributed by atoms with Crippen molar-refractivity contribution in [3.63, 3.8) is 0 Å². The van der Waals surface area contributed by atoms with Gasteiger partial charge in [0.25, 0.3) is 0 Å². The Morgan fingerprint density at radius 3 is 3.09 bits per heavy atom. The van der Waals surface area contributed by atoms with Crippen molar-refractivity contribution < 1.29 is 0 Å². The summed E-state index contributed by atoms with van der Waals surface area (Å²) in [6, 6.07) is 5.82. The second kappa shape index (κ2) is 2.92. The van der Waals surface area contributed by atoms with Gasteiger partial charge in [-0.05, 0) is 12.1 Å². The van der Waals surface area contributed by atoms with Gasteiger partial charge in [-0.25, -0.2) is 0 Å². The Morgan fingerprint density at radius 1 is 1.45 bits per heavy atom. The SMILES string of the molecule is c1ccc(C2=NNCS2)nc1. The van der Waals surface area contributed by atoms with Gasteiger partial charge in [-0.15, -0.1) is 0 Å². The van der Waals surface area contributed by atoms with Gasteiger partial charge in [0, 0.05) is 6.20 Å². The first-order valence-electron chi connectivity index (χ1n) is 3.31. The first kappa shape index (κ1) is 6.67. The van der Waals surface area contributed by atoms with Crippen molar-refractivity contribution in [2.75, 3.05) is 5.88 Å². The number of hydrazone groups is 1. The zero-order valence-electron chi connectivity index (χ0n) is 5.82. The van der Waals surface area contributed by atoms with E-state index in [1.165, 1.54) is 0 Å². The molecule has 0 aliphatic carbocycles. The molecule has 0 saturated heterocycles. The van der Waals surface area contributed by atoms with Crippen LogP contribution in [0.3, 0.4) is 0 Å². The molecule has 11 heavy (non-hydrogen) atoms. The van der Waals surface area contributed by atoms with Gasteiger partial charge in [-0.3, -0.25) is 10.4 Å². The highest BCUT2D eigenvalue weighted by molar-refractivity contribution is 8.14. The van der Waals surface area contributed by atoms with Crippen LogP contribution in [0.5, 0.6) is 0 Å². The Hall–Kier alpha value is -1.03.